The Balaban J connectivity index is 2.07. The van der Waals surface area contributed by atoms with Crippen molar-refractivity contribution in [2.45, 2.75) is 32.9 Å². The molecule has 1 aliphatic carbocycles. The van der Waals surface area contributed by atoms with Crippen LogP contribution in [0.3, 0.4) is 0 Å². The number of benzene rings is 1. The van der Waals surface area contributed by atoms with Crippen molar-refractivity contribution in [3.63, 3.8) is 0 Å². The summed E-state index contributed by atoms with van der Waals surface area (Å²) in [4.78, 5) is 17.4. The Labute approximate surface area is 172 Å². The topological polar surface area (TPSA) is 46.9 Å². The van der Waals surface area contributed by atoms with Crippen LogP contribution in [0.1, 0.15) is 41.4 Å². The third-order valence-corrected chi connectivity index (χ3v) is 5.39. The van der Waals surface area contributed by atoms with Gasteiger partial charge in [-0.05, 0) is 59.1 Å². The second-order valence-electron chi connectivity index (χ2n) is 7.96. The molecule has 29 heavy (non-hydrogen) atoms. The fraction of sp³-hybridized carbons (Fsp3) is 0.435. The van der Waals surface area contributed by atoms with E-state index in [0.29, 0.717) is 25.4 Å². The van der Waals surface area contributed by atoms with Crippen molar-refractivity contribution >= 4 is 22.6 Å². The maximum absolute atomic E-state index is 13.2. The first-order valence-corrected chi connectivity index (χ1v) is 10.2. The van der Waals surface area contributed by atoms with Gasteiger partial charge >= 0.3 is 5.97 Å². The molecule has 2 aromatic rings. The van der Waals surface area contributed by atoms with E-state index in [-0.39, 0.29) is 5.97 Å². The van der Waals surface area contributed by atoms with Gasteiger partial charge in [0.15, 0.2) is 0 Å². The number of allylic oxidation sites excluding steroid dienone is 4. The first-order chi connectivity index (χ1) is 14.0. The maximum atomic E-state index is 13.2. The number of carbonyl (C=O) groups excluding carboxylic acids is 1. The zero-order valence-corrected chi connectivity index (χ0v) is 17.7. The monoisotopic (exact) mass is 395 g/mol. The zero-order valence-electron chi connectivity index (χ0n) is 17.7. The molecular formula is C23H29N3O3. The van der Waals surface area contributed by atoms with Gasteiger partial charge in [-0.1, -0.05) is 12.2 Å². The van der Waals surface area contributed by atoms with E-state index in [1.165, 1.54) is 5.70 Å². The molecule has 0 radical (unpaired) electrons. The summed E-state index contributed by atoms with van der Waals surface area (Å²) in [5.41, 5.74) is 4.96. The molecule has 1 aromatic carbocycles. The van der Waals surface area contributed by atoms with Crippen LogP contribution in [0.25, 0.3) is 16.6 Å². The summed E-state index contributed by atoms with van der Waals surface area (Å²) in [5, 5.41) is 0.958. The van der Waals surface area contributed by atoms with Crippen molar-refractivity contribution < 1.29 is 14.3 Å². The number of fused-ring (bicyclic) bond motifs is 3. The molecule has 154 valence electrons. The quantitative estimate of drug-likeness (QED) is 0.720. The maximum Gasteiger partial charge on any atom is 0.340 e. The van der Waals surface area contributed by atoms with E-state index in [9.17, 15) is 4.79 Å². The fourth-order valence-corrected chi connectivity index (χ4v) is 4.25. The average Bonchev–Trinajstić information content (AvgIpc) is 3.02. The highest BCUT2D eigenvalue weighted by molar-refractivity contribution is 6.09. The first kappa shape index (κ1) is 19.7. The number of hydrogen-bond donors (Lipinski definition) is 0. The summed E-state index contributed by atoms with van der Waals surface area (Å²) >= 11 is 0. The van der Waals surface area contributed by atoms with Gasteiger partial charge in [0.25, 0.3) is 0 Å². The second kappa shape index (κ2) is 8.05. The number of aromatic nitrogens is 1. The molecule has 2 aliphatic rings. The van der Waals surface area contributed by atoms with Gasteiger partial charge < -0.3 is 18.9 Å². The number of carbonyl (C=O) groups is 1. The van der Waals surface area contributed by atoms with Crippen LogP contribution in [-0.4, -0.2) is 54.8 Å². The van der Waals surface area contributed by atoms with Gasteiger partial charge in [0, 0.05) is 29.7 Å². The van der Waals surface area contributed by atoms with Crippen LogP contribution in [0.5, 0.6) is 5.75 Å². The van der Waals surface area contributed by atoms with Crippen LogP contribution in [0, 0.1) is 0 Å². The van der Waals surface area contributed by atoms with Gasteiger partial charge in [0.2, 0.25) is 0 Å². The van der Waals surface area contributed by atoms with E-state index in [1.54, 1.807) is 0 Å². The predicted octanol–water partition coefficient (Wildman–Crippen LogP) is 3.85. The molecule has 0 amide bonds. The molecule has 0 bridgehead atoms. The molecule has 0 saturated heterocycles. The Bertz CT molecular complexity index is 1000. The van der Waals surface area contributed by atoms with Crippen molar-refractivity contribution in [1.82, 2.24) is 14.4 Å². The SMILES string of the molecule is CCOC(=O)c1c(CN(C)C)n(C2=CC=CCC2)c2ccc3c(c12)CN(C)CO3. The number of esters is 1. The summed E-state index contributed by atoms with van der Waals surface area (Å²) in [6.07, 6.45) is 8.37. The summed E-state index contributed by atoms with van der Waals surface area (Å²) in [5.74, 6) is 0.592. The van der Waals surface area contributed by atoms with Gasteiger partial charge in [-0.15, -0.1) is 0 Å². The lowest BCUT2D eigenvalue weighted by molar-refractivity contribution is 0.0526. The number of rotatable bonds is 5. The van der Waals surface area contributed by atoms with Gasteiger partial charge in [-0.25, -0.2) is 4.79 Å². The summed E-state index contributed by atoms with van der Waals surface area (Å²) in [7, 11) is 6.08. The lowest BCUT2D eigenvalue weighted by atomic mass is 10.0. The molecule has 1 aliphatic heterocycles. The highest BCUT2D eigenvalue weighted by Crippen LogP contribution is 2.40. The molecule has 0 unspecified atom stereocenters. The molecule has 6 heteroatoms. The van der Waals surface area contributed by atoms with Gasteiger partial charge in [0.05, 0.1) is 23.4 Å². The Morgan fingerprint density at radius 2 is 2.14 bits per heavy atom. The van der Waals surface area contributed by atoms with Crippen LogP contribution in [0.2, 0.25) is 0 Å². The summed E-state index contributed by atoms with van der Waals surface area (Å²) in [6.45, 7) is 4.14. The van der Waals surface area contributed by atoms with Crippen LogP contribution in [0.4, 0.5) is 0 Å². The summed E-state index contributed by atoms with van der Waals surface area (Å²) < 4.78 is 13.7. The van der Waals surface area contributed by atoms with E-state index < -0.39 is 0 Å². The van der Waals surface area contributed by atoms with Crippen molar-refractivity contribution in [2.24, 2.45) is 0 Å². The predicted molar refractivity (Wildman–Crippen MR) is 115 cm³/mol. The van der Waals surface area contributed by atoms with Gasteiger partial charge in [-0.3, -0.25) is 4.90 Å². The standard InChI is InChI=1S/C23H29N3O3/c1-5-28-23(27)22-19(14-24(2)3)26(16-9-7-6-8-10-16)18-11-12-20-17(21(18)22)13-25(4)15-29-20/h6-7,9,11-12H,5,8,10,13-15H2,1-4H3. The largest absolute Gasteiger partial charge is 0.478 e. The molecule has 0 saturated carbocycles. The number of ether oxygens (including phenoxy) is 2. The average molecular weight is 396 g/mol. The Morgan fingerprint density at radius 1 is 1.31 bits per heavy atom. The second-order valence-corrected chi connectivity index (χ2v) is 7.96. The van der Waals surface area contributed by atoms with Crippen molar-refractivity contribution in [3.8, 4) is 5.75 Å². The fourth-order valence-electron chi connectivity index (χ4n) is 4.25. The highest BCUT2D eigenvalue weighted by Gasteiger charge is 2.30. The first-order valence-electron chi connectivity index (χ1n) is 10.2. The molecular weight excluding hydrogens is 366 g/mol. The van der Waals surface area contributed by atoms with E-state index in [2.05, 4.69) is 38.7 Å². The molecule has 2 heterocycles. The van der Waals surface area contributed by atoms with E-state index in [4.69, 9.17) is 9.47 Å². The number of nitrogens with zero attached hydrogens (tertiary/aromatic N) is 3. The zero-order chi connectivity index (χ0) is 20.5. The third kappa shape index (κ3) is 3.58. The third-order valence-electron chi connectivity index (χ3n) is 5.39. The molecule has 0 atom stereocenters. The minimum absolute atomic E-state index is 0.262. The van der Waals surface area contributed by atoms with Crippen LogP contribution in [0.15, 0.2) is 30.4 Å². The van der Waals surface area contributed by atoms with Gasteiger partial charge in [0.1, 0.15) is 12.5 Å². The van der Waals surface area contributed by atoms with Crippen molar-refractivity contribution in [1.29, 1.82) is 0 Å². The van der Waals surface area contributed by atoms with Gasteiger partial charge in [-0.2, -0.15) is 0 Å². The Morgan fingerprint density at radius 3 is 2.83 bits per heavy atom. The minimum Gasteiger partial charge on any atom is -0.478 e. The lowest BCUT2D eigenvalue weighted by Crippen LogP contribution is -2.28. The molecule has 1 aromatic heterocycles. The highest BCUT2D eigenvalue weighted by atomic mass is 16.5. The minimum atomic E-state index is -0.262. The van der Waals surface area contributed by atoms with Crippen molar-refractivity contribution in [3.05, 3.63) is 47.2 Å². The Kier molecular flexibility index (Phi) is 5.48. The Hall–Kier alpha value is -2.57. The normalized spacial score (nSPS) is 16.7. The summed E-state index contributed by atoms with van der Waals surface area (Å²) in [6, 6.07) is 4.12. The lowest BCUT2D eigenvalue weighted by Gasteiger charge is -2.26. The van der Waals surface area contributed by atoms with Crippen molar-refractivity contribution in [2.75, 3.05) is 34.5 Å². The van der Waals surface area contributed by atoms with E-state index >= 15 is 0 Å². The molecule has 4 rings (SSSR count). The molecule has 0 N–H and O–H groups in total. The van der Waals surface area contributed by atoms with Crippen LogP contribution < -0.4 is 4.74 Å². The molecule has 0 spiro atoms. The molecule has 0 fully saturated rings. The smallest absolute Gasteiger partial charge is 0.340 e. The van der Waals surface area contributed by atoms with Crippen LogP contribution in [-0.2, 0) is 17.8 Å². The van der Waals surface area contributed by atoms with E-state index in [1.807, 2.05) is 34.1 Å². The van der Waals surface area contributed by atoms with Crippen LogP contribution >= 0.6 is 0 Å². The number of hydrogen-bond acceptors (Lipinski definition) is 5. The molecule has 6 nitrogen and oxygen atoms in total. The van der Waals surface area contributed by atoms with E-state index in [0.717, 1.165) is 47.3 Å².